The van der Waals surface area contributed by atoms with Crippen molar-refractivity contribution in [3.63, 3.8) is 0 Å². The molecule has 1 amide bonds. The van der Waals surface area contributed by atoms with Crippen LogP contribution in [0.1, 0.15) is 52.7 Å². The molecule has 0 radical (unpaired) electrons. The van der Waals surface area contributed by atoms with Crippen molar-refractivity contribution in [2.24, 2.45) is 16.7 Å². The van der Waals surface area contributed by atoms with Gasteiger partial charge in [0, 0.05) is 18.2 Å². The quantitative estimate of drug-likeness (QED) is 0.922. The molecule has 0 bridgehead atoms. The van der Waals surface area contributed by atoms with Crippen molar-refractivity contribution in [3.8, 4) is 0 Å². The second kappa shape index (κ2) is 6.47. The highest BCUT2D eigenvalue weighted by molar-refractivity contribution is 5.84. The molecule has 1 saturated heterocycles. The van der Waals surface area contributed by atoms with Gasteiger partial charge in [-0.25, -0.2) is 0 Å². The van der Waals surface area contributed by atoms with Gasteiger partial charge < -0.3 is 10.2 Å². The molecular formula is C20H31N3O. The summed E-state index contributed by atoms with van der Waals surface area (Å²) in [6.07, 6.45) is 5.07. The van der Waals surface area contributed by atoms with Gasteiger partial charge in [-0.3, -0.25) is 9.78 Å². The smallest absolute Gasteiger partial charge is 0.227 e. The largest absolute Gasteiger partial charge is 0.333 e. The van der Waals surface area contributed by atoms with Gasteiger partial charge >= 0.3 is 0 Å². The maximum absolute atomic E-state index is 13.4. The van der Waals surface area contributed by atoms with E-state index in [1.807, 2.05) is 24.4 Å². The molecule has 4 nitrogen and oxygen atoms in total. The fourth-order valence-electron chi connectivity index (χ4n) is 4.35. The number of amides is 1. The van der Waals surface area contributed by atoms with Gasteiger partial charge in [-0.1, -0.05) is 33.8 Å². The van der Waals surface area contributed by atoms with Crippen molar-refractivity contribution in [2.45, 2.75) is 59.5 Å². The highest BCUT2D eigenvalue weighted by atomic mass is 16.2. The van der Waals surface area contributed by atoms with E-state index in [-0.39, 0.29) is 16.7 Å². The first-order valence-electron chi connectivity index (χ1n) is 9.27. The minimum absolute atomic E-state index is 0.0788. The average molecular weight is 329 g/mol. The van der Waals surface area contributed by atoms with E-state index in [9.17, 15) is 4.79 Å². The van der Waals surface area contributed by atoms with Crippen LogP contribution in [0.4, 0.5) is 0 Å². The Hall–Kier alpha value is -1.42. The summed E-state index contributed by atoms with van der Waals surface area (Å²) >= 11 is 0. The van der Waals surface area contributed by atoms with Gasteiger partial charge in [-0.15, -0.1) is 0 Å². The normalized spacial score (nSPS) is 25.8. The van der Waals surface area contributed by atoms with E-state index in [2.05, 4.69) is 42.9 Å². The summed E-state index contributed by atoms with van der Waals surface area (Å²) in [5.74, 6) is 0.437. The Balaban J connectivity index is 1.83. The molecule has 1 saturated carbocycles. The second-order valence-corrected chi connectivity index (χ2v) is 8.50. The van der Waals surface area contributed by atoms with Crippen molar-refractivity contribution in [1.29, 1.82) is 0 Å². The number of nitrogens with zero attached hydrogens (tertiary/aromatic N) is 2. The Morgan fingerprint density at radius 3 is 2.58 bits per heavy atom. The number of pyridine rings is 1. The number of carbonyl (C=O) groups excluding carboxylic acids is 1. The Kier molecular flexibility index (Phi) is 4.69. The van der Waals surface area contributed by atoms with Crippen LogP contribution in [0.25, 0.3) is 0 Å². The molecule has 2 fully saturated rings. The molecule has 1 unspecified atom stereocenters. The SMILES string of the molecule is CC1(C)C(C(=O)N(Cc2ccccn2)C2CCCNCC2)C1(C)C. The maximum Gasteiger partial charge on any atom is 0.227 e. The lowest BCUT2D eigenvalue weighted by Crippen LogP contribution is -2.42. The molecule has 1 aliphatic carbocycles. The van der Waals surface area contributed by atoms with Gasteiger partial charge in [0.1, 0.15) is 0 Å². The Bertz CT molecular complexity index is 560. The molecule has 2 aliphatic rings. The second-order valence-electron chi connectivity index (χ2n) is 8.50. The summed E-state index contributed by atoms with van der Waals surface area (Å²) in [4.78, 5) is 20.0. The summed E-state index contributed by atoms with van der Waals surface area (Å²) in [6.45, 7) is 11.6. The first-order chi connectivity index (χ1) is 11.4. The summed E-state index contributed by atoms with van der Waals surface area (Å²) in [6, 6.07) is 6.28. The number of rotatable bonds is 4. The molecule has 2 heterocycles. The number of nitrogens with one attached hydrogen (secondary N) is 1. The third kappa shape index (κ3) is 3.08. The molecule has 0 spiro atoms. The lowest BCUT2D eigenvalue weighted by atomic mass is 10.0. The predicted molar refractivity (Wildman–Crippen MR) is 96.3 cm³/mol. The highest BCUT2D eigenvalue weighted by Gasteiger charge is 2.69. The van der Waals surface area contributed by atoms with Crippen LogP contribution >= 0.6 is 0 Å². The number of aromatic nitrogens is 1. The lowest BCUT2D eigenvalue weighted by molar-refractivity contribution is -0.137. The van der Waals surface area contributed by atoms with Crippen LogP contribution in [0.5, 0.6) is 0 Å². The first-order valence-corrected chi connectivity index (χ1v) is 9.27. The fourth-order valence-corrected chi connectivity index (χ4v) is 4.35. The number of carbonyl (C=O) groups is 1. The Morgan fingerprint density at radius 2 is 1.96 bits per heavy atom. The van der Waals surface area contributed by atoms with Crippen molar-refractivity contribution in [3.05, 3.63) is 30.1 Å². The van der Waals surface area contributed by atoms with Crippen molar-refractivity contribution >= 4 is 5.91 Å². The lowest BCUT2D eigenvalue weighted by Gasteiger charge is -2.32. The van der Waals surface area contributed by atoms with Crippen LogP contribution in [0.3, 0.4) is 0 Å². The molecular weight excluding hydrogens is 298 g/mol. The van der Waals surface area contributed by atoms with E-state index in [0.717, 1.165) is 38.0 Å². The van der Waals surface area contributed by atoms with Gasteiger partial charge in [0.25, 0.3) is 0 Å². The minimum Gasteiger partial charge on any atom is -0.333 e. The summed E-state index contributed by atoms with van der Waals surface area (Å²) in [5.41, 5.74) is 1.14. The van der Waals surface area contributed by atoms with E-state index in [1.165, 1.54) is 0 Å². The molecule has 0 aromatic carbocycles. The van der Waals surface area contributed by atoms with Crippen molar-refractivity contribution in [2.75, 3.05) is 13.1 Å². The number of hydrogen-bond donors (Lipinski definition) is 1. The topological polar surface area (TPSA) is 45.2 Å². The van der Waals surface area contributed by atoms with Crippen LogP contribution < -0.4 is 5.32 Å². The molecule has 1 aromatic heterocycles. The van der Waals surface area contributed by atoms with Gasteiger partial charge in [0.05, 0.1) is 12.2 Å². The summed E-state index contributed by atoms with van der Waals surface area (Å²) in [7, 11) is 0. The van der Waals surface area contributed by atoms with Crippen LogP contribution in [0.2, 0.25) is 0 Å². The Labute approximate surface area is 146 Å². The molecule has 24 heavy (non-hydrogen) atoms. The van der Waals surface area contributed by atoms with Gasteiger partial charge in [-0.2, -0.15) is 0 Å². The molecule has 1 atom stereocenters. The van der Waals surface area contributed by atoms with Crippen LogP contribution in [0, 0.1) is 16.7 Å². The predicted octanol–water partition coefficient (Wildman–Crippen LogP) is 3.23. The molecule has 1 aliphatic heterocycles. The van der Waals surface area contributed by atoms with E-state index in [0.29, 0.717) is 18.5 Å². The Morgan fingerprint density at radius 1 is 1.21 bits per heavy atom. The minimum atomic E-state index is 0.0788. The fraction of sp³-hybridized carbons (Fsp3) is 0.700. The zero-order chi connectivity index (χ0) is 17.4. The van der Waals surface area contributed by atoms with Gasteiger partial charge in [0.15, 0.2) is 0 Å². The van der Waals surface area contributed by atoms with E-state index < -0.39 is 0 Å². The third-order valence-electron chi connectivity index (χ3n) is 6.60. The van der Waals surface area contributed by atoms with Gasteiger partial charge in [0.2, 0.25) is 5.91 Å². The molecule has 4 heteroatoms. The zero-order valence-electron chi connectivity index (χ0n) is 15.5. The first kappa shape index (κ1) is 17.4. The maximum atomic E-state index is 13.4. The van der Waals surface area contributed by atoms with Crippen LogP contribution in [-0.4, -0.2) is 34.9 Å². The summed E-state index contributed by atoms with van der Waals surface area (Å²) in [5, 5.41) is 3.46. The number of hydrogen-bond acceptors (Lipinski definition) is 3. The van der Waals surface area contributed by atoms with Crippen molar-refractivity contribution < 1.29 is 4.79 Å². The highest BCUT2D eigenvalue weighted by Crippen LogP contribution is 2.69. The average Bonchev–Trinajstić information content (AvgIpc) is 3.10. The monoisotopic (exact) mass is 329 g/mol. The van der Waals surface area contributed by atoms with E-state index in [1.54, 1.807) is 0 Å². The van der Waals surface area contributed by atoms with E-state index in [4.69, 9.17) is 0 Å². The molecule has 132 valence electrons. The molecule has 1 aromatic rings. The third-order valence-corrected chi connectivity index (χ3v) is 6.60. The van der Waals surface area contributed by atoms with E-state index >= 15 is 0 Å². The van der Waals surface area contributed by atoms with Crippen molar-refractivity contribution in [1.82, 2.24) is 15.2 Å². The molecule has 1 N–H and O–H groups in total. The van der Waals surface area contributed by atoms with Crippen LogP contribution in [-0.2, 0) is 11.3 Å². The van der Waals surface area contributed by atoms with Crippen LogP contribution in [0.15, 0.2) is 24.4 Å². The standard InChI is InChI=1S/C20H31N3O/c1-19(2)17(20(19,3)4)18(24)23(14-15-8-5-6-12-22-15)16-9-7-11-21-13-10-16/h5-6,8,12,16-17,21H,7,9-11,13-14H2,1-4H3. The van der Waals surface area contributed by atoms with Gasteiger partial charge in [-0.05, 0) is 55.3 Å². The summed E-state index contributed by atoms with van der Waals surface area (Å²) < 4.78 is 0. The zero-order valence-corrected chi connectivity index (χ0v) is 15.5. The molecule has 3 rings (SSSR count).